The summed E-state index contributed by atoms with van der Waals surface area (Å²) in [6, 6.07) is 11.3. The maximum Gasteiger partial charge on any atom is 0.406 e. The molecule has 2 heterocycles. The highest BCUT2D eigenvalue weighted by Crippen LogP contribution is 2.43. The SMILES string of the molecule is COC(=O)NCCC[C@@](O)(c1ccccc1-c1cccnc1)C1CCCN(C(=O)[C@H]2C[C@@H](N)[C@@H](O)C2)C1. The molecule has 1 saturated carbocycles. The first-order valence-electron chi connectivity index (χ1n) is 13.1. The summed E-state index contributed by atoms with van der Waals surface area (Å²) in [4.78, 5) is 31.0. The number of carbonyl (C=O) groups excluding carboxylic acids is 2. The second kappa shape index (κ2) is 12.0. The number of pyridine rings is 1. The highest BCUT2D eigenvalue weighted by Gasteiger charge is 2.44. The van der Waals surface area contributed by atoms with Gasteiger partial charge in [0.25, 0.3) is 0 Å². The van der Waals surface area contributed by atoms with E-state index in [2.05, 4.69) is 15.0 Å². The fourth-order valence-electron chi connectivity index (χ4n) is 5.89. The number of likely N-dealkylation sites (tertiary alicyclic amines) is 1. The summed E-state index contributed by atoms with van der Waals surface area (Å²) in [6.45, 7) is 1.40. The average Bonchev–Trinajstić information content (AvgIpc) is 3.28. The van der Waals surface area contributed by atoms with Gasteiger partial charge in [-0.05, 0) is 55.7 Å². The number of hydrogen-bond acceptors (Lipinski definition) is 7. The summed E-state index contributed by atoms with van der Waals surface area (Å²) < 4.78 is 4.67. The quantitative estimate of drug-likeness (QED) is 0.400. The third kappa shape index (κ3) is 6.11. The lowest BCUT2D eigenvalue weighted by molar-refractivity contribution is -0.141. The number of piperidine rings is 1. The molecule has 2 aromatic rings. The van der Waals surface area contributed by atoms with E-state index in [-0.39, 0.29) is 23.8 Å². The molecule has 5 N–H and O–H groups in total. The van der Waals surface area contributed by atoms with Gasteiger partial charge in [0.15, 0.2) is 0 Å². The molecule has 1 aliphatic heterocycles. The maximum atomic E-state index is 13.4. The molecule has 2 fully saturated rings. The standard InChI is InChI=1S/C28H38N4O5/c1-37-27(35)31-13-6-11-28(36,23-10-3-2-9-22(23)19-7-4-12-30-17-19)21-8-5-14-32(18-21)26(34)20-15-24(29)25(33)16-20/h2-4,7,9-10,12,17,20-21,24-25,33,36H,5-6,8,11,13-16,18,29H2,1H3,(H,31,35)/t20-,21?,24+,25-,28-/m0/s1. The van der Waals surface area contributed by atoms with Crippen LogP contribution in [0.15, 0.2) is 48.8 Å². The van der Waals surface area contributed by atoms with Gasteiger partial charge in [0, 0.05) is 55.5 Å². The van der Waals surface area contributed by atoms with E-state index in [9.17, 15) is 19.8 Å². The zero-order valence-corrected chi connectivity index (χ0v) is 21.4. The van der Waals surface area contributed by atoms with Crippen LogP contribution >= 0.6 is 0 Å². The number of hydrogen-bond donors (Lipinski definition) is 4. The van der Waals surface area contributed by atoms with Crippen molar-refractivity contribution < 1.29 is 24.5 Å². The number of rotatable bonds is 8. The van der Waals surface area contributed by atoms with Gasteiger partial charge < -0.3 is 30.9 Å². The van der Waals surface area contributed by atoms with Gasteiger partial charge in [-0.2, -0.15) is 0 Å². The largest absolute Gasteiger partial charge is 0.453 e. The van der Waals surface area contributed by atoms with Crippen LogP contribution in [0.2, 0.25) is 0 Å². The molecule has 5 atom stereocenters. The predicted molar refractivity (Wildman–Crippen MR) is 139 cm³/mol. The Morgan fingerprint density at radius 3 is 2.76 bits per heavy atom. The van der Waals surface area contributed by atoms with Gasteiger partial charge in [-0.25, -0.2) is 4.79 Å². The normalized spacial score (nSPS) is 25.4. The number of carbonyl (C=O) groups is 2. The lowest BCUT2D eigenvalue weighted by atomic mass is 9.72. The van der Waals surface area contributed by atoms with Gasteiger partial charge in [0.05, 0.1) is 18.8 Å². The molecular formula is C28H38N4O5. The summed E-state index contributed by atoms with van der Waals surface area (Å²) >= 11 is 0. The number of nitrogens with two attached hydrogens (primary N) is 1. The van der Waals surface area contributed by atoms with Crippen molar-refractivity contribution in [2.75, 3.05) is 26.7 Å². The molecule has 9 heteroatoms. The zero-order chi connectivity index (χ0) is 26.4. The number of nitrogens with zero attached hydrogens (tertiary/aromatic N) is 2. The van der Waals surface area contributed by atoms with Crippen LogP contribution in [0.1, 0.15) is 44.1 Å². The molecule has 37 heavy (non-hydrogen) atoms. The minimum atomic E-state index is -1.24. The highest BCUT2D eigenvalue weighted by atomic mass is 16.5. The van der Waals surface area contributed by atoms with Crippen LogP contribution < -0.4 is 11.1 Å². The summed E-state index contributed by atoms with van der Waals surface area (Å²) in [5.41, 5.74) is 7.32. The Bertz CT molecular complexity index is 1060. The number of alkyl carbamates (subject to hydrolysis) is 1. The number of ether oxygens (including phenoxy) is 1. The summed E-state index contributed by atoms with van der Waals surface area (Å²) in [5.74, 6) is -0.489. The van der Waals surface area contributed by atoms with Crippen molar-refractivity contribution in [1.82, 2.24) is 15.2 Å². The number of amides is 2. The lowest BCUT2D eigenvalue weighted by Gasteiger charge is -2.44. The number of aromatic nitrogens is 1. The monoisotopic (exact) mass is 510 g/mol. The van der Waals surface area contributed by atoms with Crippen LogP contribution in [0.25, 0.3) is 11.1 Å². The smallest absolute Gasteiger partial charge is 0.406 e. The van der Waals surface area contributed by atoms with E-state index in [1.807, 2.05) is 41.3 Å². The zero-order valence-electron chi connectivity index (χ0n) is 21.4. The Morgan fingerprint density at radius 1 is 1.24 bits per heavy atom. The molecular weight excluding hydrogens is 472 g/mol. The molecule has 0 bridgehead atoms. The molecule has 0 spiro atoms. The molecule has 0 radical (unpaired) electrons. The van der Waals surface area contributed by atoms with Crippen LogP contribution in [0, 0.1) is 11.8 Å². The van der Waals surface area contributed by atoms with E-state index < -0.39 is 17.8 Å². The average molecular weight is 511 g/mol. The van der Waals surface area contributed by atoms with E-state index in [0.717, 1.165) is 29.5 Å². The molecule has 1 aliphatic carbocycles. The van der Waals surface area contributed by atoms with Crippen molar-refractivity contribution in [3.63, 3.8) is 0 Å². The first-order chi connectivity index (χ1) is 17.8. The van der Waals surface area contributed by atoms with Crippen LogP contribution in [-0.4, -0.2) is 71.0 Å². The van der Waals surface area contributed by atoms with Crippen molar-refractivity contribution >= 4 is 12.0 Å². The summed E-state index contributed by atoms with van der Waals surface area (Å²) in [7, 11) is 1.32. The molecule has 1 aromatic carbocycles. The molecule has 1 aromatic heterocycles. The Hall–Kier alpha value is -3.01. The van der Waals surface area contributed by atoms with Crippen molar-refractivity contribution in [2.24, 2.45) is 17.6 Å². The number of nitrogens with one attached hydrogen (secondary N) is 1. The minimum absolute atomic E-state index is 0.00644. The van der Waals surface area contributed by atoms with Crippen LogP contribution in [0.4, 0.5) is 4.79 Å². The molecule has 9 nitrogen and oxygen atoms in total. The van der Waals surface area contributed by atoms with Crippen molar-refractivity contribution in [2.45, 2.75) is 56.3 Å². The third-order valence-electron chi connectivity index (χ3n) is 7.89. The summed E-state index contributed by atoms with van der Waals surface area (Å²) in [5, 5.41) is 25.2. The predicted octanol–water partition coefficient (Wildman–Crippen LogP) is 2.41. The number of aliphatic hydroxyl groups is 2. The van der Waals surface area contributed by atoms with E-state index in [1.165, 1.54) is 7.11 Å². The Morgan fingerprint density at radius 2 is 2.05 bits per heavy atom. The minimum Gasteiger partial charge on any atom is -0.453 e. The fourth-order valence-corrected chi connectivity index (χ4v) is 5.89. The molecule has 4 rings (SSSR count). The van der Waals surface area contributed by atoms with Gasteiger partial charge in [0.2, 0.25) is 5.91 Å². The molecule has 1 unspecified atom stereocenters. The second-order valence-corrected chi connectivity index (χ2v) is 10.3. The first kappa shape index (κ1) is 27.0. The number of aliphatic hydroxyl groups excluding tert-OH is 1. The van der Waals surface area contributed by atoms with Gasteiger partial charge in [-0.15, -0.1) is 0 Å². The number of benzene rings is 1. The Labute approximate surface area is 218 Å². The maximum absolute atomic E-state index is 13.4. The van der Waals surface area contributed by atoms with Gasteiger partial charge in [0.1, 0.15) is 0 Å². The third-order valence-corrected chi connectivity index (χ3v) is 7.89. The topological polar surface area (TPSA) is 138 Å². The van der Waals surface area contributed by atoms with E-state index in [4.69, 9.17) is 5.73 Å². The van der Waals surface area contributed by atoms with Crippen LogP contribution in [-0.2, 0) is 15.1 Å². The van der Waals surface area contributed by atoms with Crippen LogP contribution in [0.3, 0.4) is 0 Å². The summed E-state index contributed by atoms with van der Waals surface area (Å²) in [6.07, 6.45) is 5.66. The Balaban J connectivity index is 1.61. The van der Waals surface area contributed by atoms with E-state index >= 15 is 0 Å². The fraction of sp³-hybridized carbons (Fsp3) is 0.536. The van der Waals surface area contributed by atoms with Crippen LogP contribution in [0.5, 0.6) is 0 Å². The van der Waals surface area contributed by atoms with Gasteiger partial charge in [-0.1, -0.05) is 30.3 Å². The van der Waals surface area contributed by atoms with Gasteiger partial charge >= 0.3 is 6.09 Å². The van der Waals surface area contributed by atoms with E-state index in [1.54, 1.807) is 12.4 Å². The van der Waals surface area contributed by atoms with E-state index in [0.29, 0.717) is 45.3 Å². The van der Waals surface area contributed by atoms with Gasteiger partial charge in [-0.3, -0.25) is 9.78 Å². The molecule has 1 saturated heterocycles. The molecule has 2 amide bonds. The second-order valence-electron chi connectivity index (χ2n) is 10.3. The lowest BCUT2D eigenvalue weighted by Crippen LogP contribution is -2.49. The highest BCUT2D eigenvalue weighted by molar-refractivity contribution is 5.79. The van der Waals surface area contributed by atoms with Crippen molar-refractivity contribution in [3.05, 3.63) is 54.4 Å². The molecule has 200 valence electrons. The number of methoxy groups -OCH3 is 1. The Kier molecular flexibility index (Phi) is 8.79. The van der Waals surface area contributed by atoms with Crippen molar-refractivity contribution in [3.8, 4) is 11.1 Å². The first-order valence-corrected chi connectivity index (χ1v) is 13.1. The molecule has 2 aliphatic rings. The van der Waals surface area contributed by atoms with Crippen molar-refractivity contribution in [1.29, 1.82) is 0 Å².